The first-order chi connectivity index (χ1) is 9.08. The van der Waals surface area contributed by atoms with Gasteiger partial charge in [0.05, 0.1) is 0 Å². The van der Waals surface area contributed by atoms with Crippen LogP contribution in [-0.4, -0.2) is 25.2 Å². The van der Waals surface area contributed by atoms with Crippen molar-refractivity contribution >= 4 is 24.6 Å². The lowest BCUT2D eigenvalue weighted by molar-refractivity contribution is -0.151. The predicted octanol–water partition coefficient (Wildman–Crippen LogP) is 2.40. The van der Waals surface area contributed by atoms with Crippen LogP contribution in [0.2, 0.25) is 0 Å². The summed E-state index contributed by atoms with van der Waals surface area (Å²) in [7, 11) is 0. The van der Waals surface area contributed by atoms with E-state index >= 15 is 0 Å². The Hall–Kier alpha value is -1.49. The largest absolute Gasteiger partial charge is 0.462 e. The van der Waals surface area contributed by atoms with Gasteiger partial charge in [-0.15, -0.1) is 12.6 Å². The van der Waals surface area contributed by atoms with E-state index in [1.54, 1.807) is 0 Å². The predicted molar refractivity (Wildman–Crippen MR) is 74.2 cm³/mol. The van der Waals surface area contributed by atoms with Gasteiger partial charge >= 0.3 is 11.9 Å². The maximum atomic E-state index is 11.4. The lowest BCUT2D eigenvalue weighted by Gasteiger charge is -2.05. The SMILES string of the molecule is CC(=O)OCCOC(=O)CCCc1ccc(S)cc1. The second-order valence-corrected chi connectivity index (χ2v) is 4.60. The summed E-state index contributed by atoms with van der Waals surface area (Å²) in [5, 5.41) is 0. The molecule has 1 aromatic carbocycles. The molecule has 0 fully saturated rings. The van der Waals surface area contributed by atoms with E-state index in [1.807, 2.05) is 24.3 Å². The van der Waals surface area contributed by atoms with Crippen LogP contribution in [0.3, 0.4) is 0 Å². The maximum absolute atomic E-state index is 11.4. The Balaban J connectivity index is 2.10. The number of esters is 2. The van der Waals surface area contributed by atoms with E-state index in [2.05, 4.69) is 17.4 Å². The van der Waals surface area contributed by atoms with E-state index in [0.29, 0.717) is 6.42 Å². The van der Waals surface area contributed by atoms with E-state index in [4.69, 9.17) is 4.74 Å². The Morgan fingerprint density at radius 3 is 2.37 bits per heavy atom. The first-order valence-electron chi connectivity index (χ1n) is 6.15. The minimum absolute atomic E-state index is 0.116. The van der Waals surface area contributed by atoms with Crippen molar-refractivity contribution in [1.29, 1.82) is 0 Å². The number of hydrogen-bond donors (Lipinski definition) is 1. The zero-order chi connectivity index (χ0) is 14.1. The highest BCUT2D eigenvalue weighted by Crippen LogP contribution is 2.10. The van der Waals surface area contributed by atoms with Gasteiger partial charge in [-0.1, -0.05) is 12.1 Å². The summed E-state index contributed by atoms with van der Waals surface area (Å²) in [6, 6.07) is 7.84. The van der Waals surface area contributed by atoms with Crippen LogP contribution in [-0.2, 0) is 25.5 Å². The Kier molecular flexibility index (Phi) is 7.03. The summed E-state index contributed by atoms with van der Waals surface area (Å²) in [5.41, 5.74) is 1.17. The molecule has 0 aromatic heterocycles. The second kappa shape index (κ2) is 8.58. The van der Waals surface area contributed by atoms with Crippen molar-refractivity contribution in [2.75, 3.05) is 13.2 Å². The lowest BCUT2D eigenvalue weighted by Crippen LogP contribution is -2.12. The van der Waals surface area contributed by atoms with Crippen molar-refractivity contribution in [3.8, 4) is 0 Å². The van der Waals surface area contributed by atoms with Crippen LogP contribution in [0.5, 0.6) is 0 Å². The smallest absolute Gasteiger partial charge is 0.305 e. The maximum Gasteiger partial charge on any atom is 0.305 e. The number of ether oxygens (including phenoxy) is 2. The zero-order valence-corrected chi connectivity index (χ0v) is 11.8. The molecule has 0 atom stereocenters. The van der Waals surface area contributed by atoms with E-state index in [-0.39, 0.29) is 25.2 Å². The van der Waals surface area contributed by atoms with Gasteiger partial charge in [0.25, 0.3) is 0 Å². The monoisotopic (exact) mass is 282 g/mol. The topological polar surface area (TPSA) is 52.6 Å². The first-order valence-corrected chi connectivity index (χ1v) is 6.59. The number of carbonyl (C=O) groups excluding carboxylic acids is 2. The van der Waals surface area contributed by atoms with E-state index in [0.717, 1.165) is 17.7 Å². The highest BCUT2D eigenvalue weighted by molar-refractivity contribution is 7.80. The van der Waals surface area contributed by atoms with Crippen molar-refractivity contribution in [2.45, 2.75) is 31.1 Å². The molecule has 0 amide bonds. The number of benzene rings is 1. The Morgan fingerprint density at radius 2 is 1.74 bits per heavy atom. The average Bonchev–Trinajstić information content (AvgIpc) is 2.37. The molecular weight excluding hydrogens is 264 g/mol. The third-order valence-electron chi connectivity index (χ3n) is 2.43. The molecular formula is C14H18O4S. The normalized spacial score (nSPS) is 10.0. The molecule has 1 aromatic rings. The van der Waals surface area contributed by atoms with Gasteiger partial charge in [0.2, 0.25) is 0 Å². The second-order valence-electron chi connectivity index (χ2n) is 4.08. The zero-order valence-electron chi connectivity index (χ0n) is 10.9. The fourth-order valence-corrected chi connectivity index (χ4v) is 1.66. The van der Waals surface area contributed by atoms with Crippen molar-refractivity contribution in [3.05, 3.63) is 29.8 Å². The summed E-state index contributed by atoms with van der Waals surface area (Å²) in [4.78, 5) is 22.8. The molecule has 0 saturated heterocycles. The fraction of sp³-hybridized carbons (Fsp3) is 0.429. The van der Waals surface area contributed by atoms with Gasteiger partial charge in [0.15, 0.2) is 0 Å². The highest BCUT2D eigenvalue weighted by atomic mass is 32.1. The van der Waals surface area contributed by atoms with Crippen LogP contribution >= 0.6 is 12.6 Å². The molecule has 0 aliphatic heterocycles. The number of rotatable bonds is 7. The van der Waals surface area contributed by atoms with E-state index in [9.17, 15) is 9.59 Å². The quantitative estimate of drug-likeness (QED) is 0.474. The molecule has 0 bridgehead atoms. The number of thiol groups is 1. The molecule has 104 valence electrons. The highest BCUT2D eigenvalue weighted by Gasteiger charge is 2.03. The fourth-order valence-electron chi connectivity index (χ4n) is 1.51. The summed E-state index contributed by atoms with van der Waals surface area (Å²) in [6.45, 7) is 1.55. The van der Waals surface area contributed by atoms with Crippen molar-refractivity contribution < 1.29 is 19.1 Å². The molecule has 0 aliphatic carbocycles. The first kappa shape index (κ1) is 15.6. The van der Waals surface area contributed by atoms with Crippen LogP contribution in [0.4, 0.5) is 0 Å². The Labute approximate surface area is 118 Å². The third kappa shape index (κ3) is 7.51. The summed E-state index contributed by atoms with van der Waals surface area (Å²) in [6.07, 6.45) is 1.92. The molecule has 0 unspecified atom stereocenters. The minimum Gasteiger partial charge on any atom is -0.462 e. The van der Waals surface area contributed by atoms with Gasteiger partial charge in [-0.3, -0.25) is 9.59 Å². The molecule has 0 saturated carbocycles. The standard InChI is InChI=1S/C14H18O4S/c1-11(15)17-9-10-18-14(16)4-2-3-12-5-7-13(19)8-6-12/h5-8,19H,2-4,9-10H2,1H3. The molecule has 0 radical (unpaired) electrons. The number of hydrogen-bond acceptors (Lipinski definition) is 5. The van der Waals surface area contributed by atoms with Crippen molar-refractivity contribution in [3.63, 3.8) is 0 Å². The molecule has 0 spiro atoms. The van der Waals surface area contributed by atoms with Gasteiger partial charge in [-0.05, 0) is 30.5 Å². The third-order valence-corrected chi connectivity index (χ3v) is 2.73. The molecule has 0 aliphatic rings. The number of aryl methyl sites for hydroxylation is 1. The Morgan fingerprint density at radius 1 is 1.11 bits per heavy atom. The summed E-state index contributed by atoms with van der Waals surface area (Å²) in [5.74, 6) is -0.637. The van der Waals surface area contributed by atoms with Gasteiger partial charge in [0.1, 0.15) is 13.2 Å². The van der Waals surface area contributed by atoms with Gasteiger partial charge in [-0.25, -0.2) is 0 Å². The summed E-state index contributed by atoms with van der Waals surface area (Å²) >= 11 is 4.21. The molecule has 0 heterocycles. The Bertz CT molecular complexity index is 414. The van der Waals surface area contributed by atoms with Crippen molar-refractivity contribution in [1.82, 2.24) is 0 Å². The van der Waals surface area contributed by atoms with E-state index in [1.165, 1.54) is 12.5 Å². The van der Waals surface area contributed by atoms with Crippen LogP contribution < -0.4 is 0 Å². The molecule has 4 nitrogen and oxygen atoms in total. The van der Waals surface area contributed by atoms with Crippen LogP contribution in [0.25, 0.3) is 0 Å². The van der Waals surface area contributed by atoms with E-state index < -0.39 is 0 Å². The molecule has 5 heteroatoms. The molecule has 1 rings (SSSR count). The van der Waals surface area contributed by atoms with Crippen LogP contribution in [0.1, 0.15) is 25.3 Å². The lowest BCUT2D eigenvalue weighted by atomic mass is 10.1. The van der Waals surface area contributed by atoms with Crippen LogP contribution in [0, 0.1) is 0 Å². The van der Waals surface area contributed by atoms with Crippen LogP contribution in [0.15, 0.2) is 29.2 Å². The minimum atomic E-state index is -0.372. The molecule has 0 N–H and O–H groups in total. The summed E-state index contributed by atoms with van der Waals surface area (Å²) < 4.78 is 9.57. The average molecular weight is 282 g/mol. The van der Waals surface area contributed by atoms with Gasteiger partial charge in [-0.2, -0.15) is 0 Å². The number of carbonyl (C=O) groups is 2. The molecule has 19 heavy (non-hydrogen) atoms. The van der Waals surface area contributed by atoms with Gasteiger partial charge in [0, 0.05) is 18.2 Å². The van der Waals surface area contributed by atoms with Crippen molar-refractivity contribution in [2.24, 2.45) is 0 Å². The van der Waals surface area contributed by atoms with Gasteiger partial charge < -0.3 is 9.47 Å².